The first kappa shape index (κ1) is 15.6. The van der Waals surface area contributed by atoms with Crippen LogP contribution in [0.25, 0.3) is 10.9 Å². The number of piperidine rings is 1. The van der Waals surface area contributed by atoms with Gasteiger partial charge in [-0.25, -0.2) is 4.79 Å². The van der Waals surface area contributed by atoms with Gasteiger partial charge in [0.1, 0.15) is 17.7 Å². The first-order valence-corrected chi connectivity index (χ1v) is 8.40. The summed E-state index contributed by atoms with van der Waals surface area (Å²) in [5, 5.41) is 1.08. The number of anilines is 1. The number of H-pyrrole nitrogens is 2. The average molecular weight is 340 g/mol. The van der Waals surface area contributed by atoms with Crippen LogP contribution < -0.4 is 20.9 Å². The quantitative estimate of drug-likeness (QED) is 0.759. The van der Waals surface area contributed by atoms with Crippen molar-refractivity contribution in [1.29, 1.82) is 0 Å². The van der Waals surface area contributed by atoms with Crippen molar-refractivity contribution in [2.45, 2.75) is 18.9 Å². The Bertz CT molecular complexity index is 978. The minimum absolute atomic E-state index is 0.120. The first-order valence-electron chi connectivity index (χ1n) is 8.40. The molecule has 0 atom stereocenters. The highest BCUT2D eigenvalue weighted by Gasteiger charge is 2.22. The van der Waals surface area contributed by atoms with E-state index in [0.717, 1.165) is 47.2 Å². The van der Waals surface area contributed by atoms with Gasteiger partial charge >= 0.3 is 5.69 Å². The molecule has 1 aromatic carbocycles. The molecule has 0 bridgehead atoms. The second-order valence-electron chi connectivity index (χ2n) is 6.36. The second-order valence-corrected chi connectivity index (χ2v) is 6.36. The first-order chi connectivity index (χ1) is 12.1. The van der Waals surface area contributed by atoms with Crippen LogP contribution in [0.1, 0.15) is 12.8 Å². The number of nitrogens with one attached hydrogen (secondary N) is 2. The molecule has 130 valence electrons. The lowest BCUT2D eigenvalue weighted by Gasteiger charge is -2.33. The van der Waals surface area contributed by atoms with Gasteiger partial charge in [-0.05, 0) is 18.2 Å². The van der Waals surface area contributed by atoms with Crippen molar-refractivity contribution < 1.29 is 4.74 Å². The molecule has 7 heteroatoms. The highest BCUT2D eigenvalue weighted by Crippen LogP contribution is 2.28. The molecule has 0 unspecified atom stereocenters. The van der Waals surface area contributed by atoms with Crippen LogP contribution in [0.3, 0.4) is 0 Å². The molecule has 0 spiro atoms. The normalized spacial score (nSPS) is 15.6. The Morgan fingerprint density at radius 3 is 2.72 bits per heavy atom. The molecular formula is C18H20N4O3. The molecule has 0 radical (unpaired) electrons. The number of nitrogens with zero attached hydrogens (tertiary/aromatic N) is 2. The van der Waals surface area contributed by atoms with Crippen molar-refractivity contribution in [3.05, 3.63) is 57.4 Å². The molecular weight excluding hydrogens is 320 g/mol. The van der Waals surface area contributed by atoms with E-state index in [1.165, 1.54) is 13.1 Å². The van der Waals surface area contributed by atoms with Crippen molar-refractivity contribution in [2.75, 3.05) is 18.0 Å². The fourth-order valence-corrected chi connectivity index (χ4v) is 3.27. The third-order valence-corrected chi connectivity index (χ3v) is 4.76. The van der Waals surface area contributed by atoms with E-state index >= 15 is 0 Å². The Morgan fingerprint density at radius 1 is 1.16 bits per heavy atom. The Morgan fingerprint density at radius 2 is 1.96 bits per heavy atom. The van der Waals surface area contributed by atoms with E-state index in [4.69, 9.17) is 4.74 Å². The molecule has 2 N–H and O–H groups in total. The number of fused-ring (bicyclic) bond motifs is 1. The fourth-order valence-electron chi connectivity index (χ4n) is 3.27. The summed E-state index contributed by atoms with van der Waals surface area (Å²) in [7, 11) is 1.46. The van der Waals surface area contributed by atoms with Crippen LogP contribution in [0.2, 0.25) is 0 Å². The Hall–Kier alpha value is -2.96. The predicted octanol–water partition coefficient (Wildman–Crippen LogP) is 1.60. The van der Waals surface area contributed by atoms with Crippen molar-refractivity contribution in [2.24, 2.45) is 7.05 Å². The molecule has 0 saturated carbocycles. The molecule has 0 aliphatic carbocycles. The van der Waals surface area contributed by atoms with Crippen LogP contribution in [0.5, 0.6) is 5.75 Å². The zero-order valence-electron chi connectivity index (χ0n) is 14.0. The summed E-state index contributed by atoms with van der Waals surface area (Å²) >= 11 is 0. The molecule has 0 amide bonds. The summed E-state index contributed by atoms with van der Waals surface area (Å²) in [6, 6.07) is 9.49. The van der Waals surface area contributed by atoms with Gasteiger partial charge in [-0.3, -0.25) is 14.3 Å². The number of hydrogen-bond donors (Lipinski definition) is 2. The highest BCUT2D eigenvalue weighted by atomic mass is 16.5. The molecule has 1 saturated heterocycles. The van der Waals surface area contributed by atoms with Crippen LogP contribution in [0, 0.1) is 0 Å². The highest BCUT2D eigenvalue weighted by molar-refractivity contribution is 5.85. The predicted molar refractivity (Wildman–Crippen MR) is 96.5 cm³/mol. The summed E-state index contributed by atoms with van der Waals surface area (Å²) < 4.78 is 7.26. The van der Waals surface area contributed by atoms with Crippen LogP contribution >= 0.6 is 0 Å². The largest absolute Gasteiger partial charge is 0.490 e. The molecule has 25 heavy (non-hydrogen) atoms. The van der Waals surface area contributed by atoms with E-state index in [-0.39, 0.29) is 17.4 Å². The maximum atomic E-state index is 11.8. The molecule has 7 nitrogen and oxygen atoms in total. The summed E-state index contributed by atoms with van der Waals surface area (Å²) in [6.45, 7) is 1.47. The molecule has 1 aliphatic rings. The zero-order chi connectivity index (χ0) is 17.4. The third-order valence-electron chi connectivity index (χ3n) is 4.76. The van der Waals surface area contributed by atoms with Gasteiger partial charge in [-0.15, -0.1) is 0 Å². The van der Waals surface area contributed by atoms with Crippen LogP contribution in [-0.4, -0.2) is 33.7 Å². The topological polar surface area (TPSA) is 83.1 Å². The Kier molecular flexibility index (Phi) is 3.83. The van der Waals surface area contributed by atoms with E-state index < -0.39 is 0 Å². The number of aromatic nitrogens is 3. The second kappa shape index (κ2) is 6.16. The summed E-state index contributed by atoms with van der Waals surface area (Å²) in [5.41, 5.74) is 0.379. The van der Waals surface area contributed by atoms with Gasteiger partial charge < -0.3 is 14.6 Å². The van der Waals surface area contributed by atoms with Crippen molar-refractivity contribution in [3.8, 4) is 5.75 Å². The van der Waals surface area contributed by atoms with Crippen molar-refractivity contribution >= 4 is 16.7 Å². The van der Waals surface area contributed by atoms with Gasteiger partial charge in [0.05, 0.1) is 0 Å². The lowest BCUT2D eigenvalue weighted by molar-refractivity contribution is 0.173. The van der Waals surface area contributed by atoms with Gasteiger partial charge in [0.2, 0.25) is 0 Å². The van der Waals surface area contributed by atoms with E-state index in [9.17, 15) is 9.59 Å². The van der Waals surface area contributed by atoms with Crippen LogP contribution in [0.15, 0.2) is 46.1 Å². The number of ether oxygens (including phenoxy) is 1. The van der Waals surface area contributed by atoms with E-state index in [1.54, 1.807) is 0 Å². The third kappa shape index (κ3) is 2.93. The number of rotatable bonds is 3. The van der Waals surface area contributed by atoms with Gasteiger partial charge in [0, 0.05) is 56.1 Å². The number of hydrogen-bond acceptors (Lipinski definition) is 4. The van der Waals surface area contributed by atoms with Gasteiger partial charge in [-0.1, -0.05) is 6.07 Å². The smallest absolute Gasteiger partial charge is 0.329 e. The molecule has 2 aromatic heterocycles. The molecule has 1 fully saturated rings. The van der Waals surface area contributed by atoms with Crippen molar-refractivity contribution in [3.63, 3.8) is 0 Å². The van der Waals surface area contributed by atoms with Gasteiger partial charge in [0.25, 0.3) is 5.56 Å². The summed E-state index contributed by atoms with van der Waals surface area (Å²) in [6.07, 6.45) is 3.69. The maximum Gasteiger partial charge on any atom is 0.329 e. The molecule has 3 aromatic rings. The van der Waals surface area contributed by atoms with Gasteiger partial charge in [0.15, 0.2) is 0 Å². The van der Waals surface area contributed by atoms with E-state index in [1.807, 2.05) is 35.4 Å². The monoisotopic (exact) mass is 340 g/mol. The Balaban J connectivity index is 1.46. The van der Waals surface area contributed by atoms with Crippen LogP contribution in [0.4, 0.5) is 5.82 Å². The lowest BCUT2D eigenvalue weighted by atomic mass is 10.1. The SMILES string of the molecule is Cn1c(=O)cc(N2CCC(Oc3cccc4[nH]ccc34)CC2)[nH]c1=O. The van der Waals surface area contributed by atoms with E-state index in [0.29, 0.717) is 5.82 Å². The fraction of sp³-hybridized carbons (Fsp3) is 0.333. The number of benzene rings is 1. The van der Waals surface area contributed by atoms with Crippen LogP contribution in [-0.2, 0) is 7.05 Å². The van der Waals surface area contributed by atoms with Gasteiger partial charge in [-0.2, -0.15) is 0 Å². The minimum atomic E-state index is -0.389. The molecule has 4 rings (SSSR count). The summed E-state index contributed by atoms with van der Waals surface area (Å²) in [4.78, 5) is 31.5. The summed E-state index contributed by atoms with van der Waals surface area (Å²) in [5.74, 6) is 1.47. The molecule has 1 aliphatic heterocycles. The standard InChI is InChI=1S/C18H20N4O3/c1-21-17(23)11-16(20-18(21)24)22-9-6-12(7-10-22)25-15-4-2-3-14-13(15)5-8-19-14/h2-5,8,11-12,19H,6-7,9-10H2,1H3,(H,20,24). The molecule has 3 heterocycles. The minimum Gasteiger partial charge on any atom is -0.490 e. The zero-order valence-corrected chi connectivity index (χ0v) is 14.0. The van der Waals surface area contributed by atoms with Crippen molar-refractivity contribution in [1.82, 2.24) is 14.5 Å². The average Bonchev–Trinajstić information content (AvgIpc) is 3.10. The van der Waals surface area contributed by atoms with E-state index in [2.05, 4.69) is 9.97 Å². The maximum absolute atomic E-state index is 11.8. The lowest BCUT2D eigenvalue weighted by Crippen LogP contribution is -2.41. The Labute approximate surface area is 143 Å². The number of aromatic amines is 2.